The Hall–Kier alpha value is -0.930. The number of benzene rings is 1. The van der Waals surface area contributed by atoms with E-state index in [2.05, 4.69) is 5.32 Å². The molecular formula is C11H13Cl2NO2. The van der Waals surface area contributed by atoms with Gasteiger partial charge in [0.2, 0.25) is 0 Å². The molecule has 0 saturated heterocycles. The zero-order valence-electron chi connectivity index (χ0n) is 8.84. The first-order valence-corrected chi connectivity index (χ1v) is 5.78. The van der Waals surface area contributed by atoms with Crippen molar-refractivity contribution >= 4 is 29.1 Å². The lowest BCUT2D eigenvalue weighted by Gasteiger charge is -2.09. The van der Waals surface area contributed by atoms with E-state index in [1.54, 1.807) is 0 Å². The van der Waals surface area contributed by atoms with E-state index >= 15 is 0 Å². The second-order valence-corrected chi connectivity index (χ2v) is 4.35. The molecule has 1 aromatic rings. The fourth-order valence-electron chi connectivity index (χ4n) is 1.07. The number of halogens is 2. The normalized spacial score (nSPS) is 12.2. The van der Waals surface area contributed by atoms with Crippen LogP contribution in [0.2, 0.25) is 5.02 Å². The van der Waals surface area contributed by atoms with Gasteiger partial charge in [-0.2, -0.15) is 0 Å². The highest BCUT2D eigenvalue weighted by molar-refractivity contribution is 6.32. The van der Waals surface area contributed by atoms with Crippen molar-refractivity contribution in [2.24, 2.45) is 5.92 Å². The Bertz CT molecular complexity index is 382. The number of carbonyl (C=O) groups excluding carboxylic acids is 1. The second-order valence-electron chi connectivity index (χ2n) is 3.64. The first kappa shape index (κ1) is 13.1. The van der Waals surface area contributed by atoms with Crippen molar-refractivity contribution < 1.29 is 9.90 Å². The van der Waals surface area contributed by atoms with Crippen LogP contribution < -0.4 is 5.32 Å². The van der Waals surface area contributed by atoms with Gasteiger partial charge >= 0.3 is 0 Å². The first-order valence-electron chi connectivity index (χ1n) is 4.87. The summed E-state index contributed by atoms with van der Waals surface area (Å²) < 4.78 is 0. The Balaban J connectivity index is 2.63. The van der Waals surface area contributed by atoms with Gasteiger partial charge in [-0.1, -0.05) is 18.5 Å². The molecule has 0 bridgehead atoms. The molecule has 3 nitrogen and oxygen atoms in total. The third-order valence-electron chi connectivity index (χ3n) is 2.08. The van der Waals surface area contributed by atoms with Crippen LogP contribution in [0.4, 0.5) is 0 Å². The zero-order valence-corrected chi connectivity index (χ0v) is 10.3. The number of carbonyl (C=O) groups is 1. The van der Waals surface area contributed by atoms with Crippen LogP contribution in [0.1, 0.15) is 17.3 Å². The fourth-order valence-corrected chi connectivity index (χ4v) is 1.36. The van der Waals surface area contributed by atoms with Crippen LogP contribution in [0.5, 0.6) is 5.75 Å². The lowest BCUT2D eigenvalue weighted by atomic mass is 10.2. The minimum absolute atomic E-state index is 0.0349. The maximum Gasteiger partial charge on any atom is 0.251 e. The first-order chi connectivity index (χ1) is 7.54. The summed E-state index contributed by atoms with van der Waals surface area (Å²) in [5.41, 5.74) is 0.421. The number of amides is 1. The van der Waals surface area contributed by atoms with Crippen molar-refractivity contribution in [2.45, 2.75) is 6.92 Å². The van der Waals surface area contributed by atoms with Gasteiger partial charge in [0.25, 0.3) is 5.91 Å². The van der Waals surface area contributed by atoms with Crippen LogP contribution in [0, 0.1) is 5.92 Å². The van der Waals surface area contributed by atoms with E-state index < -0.39 is 0 Å². The monoisotopic (exact) mass is 261 g/mol. The molecule has 0 aromatic heterocycles. The van der Waals surface area contributed by atoms with Crippen molar-refractivity contribution in [3.8, 4) is 5.75 Å². The van der Waals surface area contributed by atoms with Crippen LogP contribution in [0.3, 0.4) is 0 Å². The van der Waals surface area contributed by atoms with Crippen LogP contribution in [-0.4, -0.2) is 23.4 Å². The third-order valence-corrected chi connectivity index (χ3v) is 2.91. The molecule has 0 aliphatic rings. The zero-order chi connectivity index (χ0) is 12.1. The average Bonchev–Trinajstić information content (AvgIpc) is 2.29. The van der Waals surface area contributed by atoms with Gasteiger partial charge in [0.15, 0.2) is 0 Å². The van der Waals surface area contributed by atoms with Crippen molar-refractivity contribution in [1.82, 2.24) is 5.32 Å². The number of phenolic OH excluding ortho intramolecular Hbond substituents is 1. The molecule has 2 N–H and O–H groups in total. The molecule has 0 aliphatic carbocycles. The van der Waals surface area contributed by atoms with Gasteiger partial charge in [0.1, 0.15) is 5.75 Å². The molecule has 0 spiro atoms. The number of hydrogen-bond donors (Lipinski definition) is 2. The molecule has 1 unspecified atom stereocenters. The molecule has 1 amide bonds. The summed E-state index contributed by atoms with van der Waals surface area (Å²) in [5, 5.41) is 12.1. The van der Waals surface area contributed by atoms with Crippen LogP contribution in [0.15, 0.2) is 18.2 Å². The molecule has 1 rings (SSSR count). The summed E-state index contributed by atoms with van der Waals surface area (Å²) in [6, 6.07) is 4.34. The topological polar surface area (TPSA) is 49.3 Å². The molecule has 0 radical (unpaired) electrons. The summed E-state index contributed by atoms with van der Waals surface area (Å²) in [7, 11) is 0. The SMILES string of the molecule is CC(CCl)CNC(=O)c1ccc(O)c(Cl)c1. The van der Waals surface area contributed by atoms with E-state index in [0.29, 0.717) is 18.0 Å². The molecule has 1 aromatic carbocycles. The van der Waals surface area contributed by atoms with Gasteiger partial charge in [-0.15, -0.1) is 11.6 Å². The molecule has 0 aliphatic heterocycles. The molecule has 16 heavy (non-hydrogen) atoms. The number of aromatic hydroxyl groups is 1. The summed E-state index contributed by atoms with van der Waals surface area (Å²) in [6.07, 6.45) is 0. The molecule has 1 atom stereocenters. The van der Waals surface area contributed by atoms with Crippen molar-refractivity contribution in [3.05, 3.63) is 28.8 Å². The smallest absolute Gasteiger partial charge is 0.251 e. The predicted molar refractivity (Wildman–Crippen MR) is 65.3 cm³/mol. The Kier molecular flexibility index (Phi) is 4.90. The Morgan fingerprint density at radius 2 is 2.25 bits per heavy atom. The lowest BCUT2D eigenvalue weighted by molar-refractivity contribution is 0.0949. The van der Waals surface area contributed by atoms with Crippen molar-refractivity contribution in [2.75, 3.05) is 12.4 Å². The molecule has 0 heterocycles. The van der Waals surface area contributed by atoms with Gasteiger partial charge < -0.3 is 10.4 Å². The van der Waals surface area contributed by atoms with E-state index in [4.69, 9.17) is 23.2 Å². The molecule has 5 heteroatoms. The fraction of sp³-hybridized carbons (Fsp3) is 0.364. The quantitative estimate of drug-likeness (QED) is 0.819. The largest absolute Gasteiger partial charge is 0.506 e. The minimum Gasteiger partial charge on any atom is -0.506 e. The summed E-state index contributed by atoms with van der Waals surface area (Å²) in [4.78, 5) is 11.6. The van der Waals surface area contributed by atoms with Gasteiger partial charge in [-0.05, 0) is 24.1 Å². The Morgan fingerprint density at radius 1 is 1.56 bits per heavy atom. The Morgan fingerprint density at radius 3 is 2.81 bits per heavy atom. The number of hydrogen-bond acceptors (Lipinski definition) is 2. The van der Waals surface area contributed by atoms with Crippen LogP contribution >= 0.6 is 23.2 Å². The number of rotatable bonds is 4. The lowest BCUT2D eigenvalue weighted by Crippen LogP contribution is -2.28. The highest BCUT2D eigenvalue weighted by Crippen LogP contribution is 2.23. The van der Waals surface area contributed by atoms with E-state index in [1.807, 2.05) is 6.92 Å². The second kappa shape index (κ2) is 5.97. The summed E-state index contributed by atoms with van der Waals surface area (Å²) >= 11 is 11.3. The number of alkyl halides is 1. The predicted octanol–water partition coefficient (Wildman–Crippen LogP) is 2.65. The van der Waals surface area contributed by atoms with Crippen molar-refractivity contribution in [3.63, 3.8) is 0 Å². The van der Waals surface area contributed by atoms with Gasteiger partial charge in [0, 0.05) is 18.0 Å². The van der Waals surface area contributed by atoms with E-state index in [0.717, 1.165) is 0 Å². The molecule has 0 saturated carbocycles. The van der Waals surface area contributed by atoms with Gasteiger partial charge in [0.05, 0.1) is 5.02 Å². The van der Waals surface area contributed by atoms with Crippen molar-refractivity contribution in [1.29, 1.82) is 0 Å². The molecular weight excluding hydrogens is 249 g/mol. The third kappa shape index (κ3) is 3.58. The van der Waals surface area contributed by atoms with E-state index in [1.165, 1.54) is 18.2 Å². The van der Waals surface area contributed by atoms with Crippen LogP contribution in [0.25, 0.3) is 0 Å². The van der Waals surface area contributed by atoms with E-state index in [9.17, 15) is 9.90 Å². The summed E-state index contributed by atoms with van der Waals surface area (Å²) in [5.74, 6) is 0.459. The minimum atomic E-state index is -0.223. The van der Waals surface area contributed by atoms with Gasteiger partial charge in [-0.25, -0.2) is 0 Å². The average molecular weight is 262 g/mol. The Labute approximate surface area is 104 Å². The molecule has 88 valence electrons. The maximum atomic E-state index is 11.6. The van der Waals surface area contributed by atoms with E-state index in [-0.39, 0.29) is 22.6 Å². The highest BCUT2D eigenvalue weighted by atomic mass is 35.5. The standard InChI is InChI=1S/C11H13Cl2NO2/c1-7(5-12)6-14-11(16)8-2-3-10(15)9(13)4-8/h2-4,7,15H,5-6H2,1H3,(H,14,16). The molecule has 0 fully saturated rings. The van der Waals surface area contributed by atoms with Crippen LogP contribution in [-0.2, 0) is 0 Å². The maximum absolute atomic E-state index is 11.6. The number of nitrogens with one attached hydrogen (secondary N) is 1. The number of phenols is 1. The summed E-state index contributed by atoms with van der Waals surface area (Å²) in [6.45, 7) is 2.46. The van der Waals surface area contributed by atoms with Gasteiger partial charge in [-0.3, -0.25) is 4.79 Å². The highest BCUT2D eigenvalue weighted by Gasteiger charge is 2.09.